The van der Waals surface area contributed by atoms with E-state index in [1.54, 1.807) is 0 Å². The van der Waals surface area contributed by atoms with E-state index < -0.39 is 0 Å². The maximum absolute atomic E-state index is 6.01. The Morgan fingerprint density at radius 2 is 2.06 bits per heavy atom. The smallest absolute Gasteiger partial charge is 0.172 e. The average Bonchev–Trinajstić information content (AvgIpc) is 2.80. The van der Waals surface area contributed by atoms with Crippen LogP contribution in [-0.2, 0) is 4.74 Å². The van der Waals surface area contributed by atoms with Crippen molar-refractivity contribution in [1.29, 1.82) is 0 Å². The Kier molecular flexibility index (Phi) is 3.05. The van der Waals surface area contributed by atoms with Gasteiger partial charge < -0.3 is 4.74 Å². The topological polar surface area (TPSA) is 21.6 Å². The van der Waals surface area contributed by atoms with Gasteiger partial charge in [-0.1, -0.05) is 52.7 Å². The number of aliphatic imine (C=N–C) groups is 1. The summed E-state index contributed by atoms with van der Waals surface area (Å²) >= 11 is 3.74. The van der Waals surface area contributed by atoms with Crippen LogP contribution in [-0.4, -0.2) is 22.9 Å². The number of nitrogens with zero attached hydrogens (tertiary/aromatic N) is 1. The lowest BCUT2D eigenvalue weighted by Crippen LogP contribution is -2.39. The molecule has 17 heavy (non-hydrogen) atoms. The fraction of sp³-hybridized carbons (Fsp3) is 0.500. The van der Waals surface area contributed by atoms with Gasteiger partial charge in [0.15, 0.2) is 5.72 Å². The van der Waals surface area contributed by atoms with Gasteiger partial charge in [0, 0.05) is 0 Å². The number of alkyl halides is 1. The monoisotopic (exact) mass is 293 g/mol. The summed E-state index contributed by atoms with van der Waals surface area (Å²) in [4.78, 5) is 5.24. The van der Waals surface area contributed by atoms with E-state index in [9.17, 15) is 0 Å². The lowest BCUT2D eigenvalue weighted by atomic mass is 9.92. The van der Waals surface area contributed by atoms with Gasteiger partial charge in [-0.2, -0.15) is 0 Å². The predicted molar refractivity (Wildman–Crippen MR) is 72.8 cm³/mol. The van der Waals surface area contributed by atoms with Gasteiger partial charge in [-0.25, -0.2) is 0 Å². The van der Waals surface area contributed by atoms with Crippen LogP contribution in [0.15, 0.2) is 35.3 Å². The van der Waals surface area contributed by atoms with Crippen LogP contribution in [0, 0.1) is 0 Å². The second-order valence-electron chi connectivity index (χ2n) is 4.77. The highest BCUT2D eigenvalue weighted by Crippen LogP contribution is 2.40. The number of halogens is 1. The minimum Gasteiger partial charge on any atom is -0.346 e. The van der Waals surface area contributed by atoms with Crippen molar-refractivity contribution in [3.05, 3.63) is 35.9 Å². The van der Waals surface area contributed by atoms with E-state index in [1.807, 2.05) is 6.07 Å². The molecule has 0 unspecified atom stereocenters. The molecule has 0 saturated heterocycles. The molecule has 1 aromatic rings. The van der Waals surface area contributed by atoms with Crippen LogP contribution in [0.3, 0.4) is 0 Å². The molecule has 1 aliphatic carbocycles. The van der Waals surface area contributed by atoms with Crippen molar-refractivity contribution in [3.8, 4) is 0 Å². The minimum atomic E-state index is -0.288. The molecule has 0 radical (unpaired) electrons. The second kappa shape index (κ2) is 4.54. The number of hydrogen-bond acceptors (Lipinski definition) is 2. The molecule has 1 saturated carbocycles. The van der Waals surface area contributed by atoms with Gasteiger partial charge in [0.05, 0.1) is 17.1 Å². The van der Waals surface area contributed by atoms with Crippen LogP contribution >= 0.6 is 15.9 Å². The molecular formula is C14H16BrNO. The van der Waals surface area contributed by atoms with Crippen molar-refractivity contribution in [2.75, 3.05) is 6.61 Å². The van der Waals surface area contributed by atoms with Crippen LogP contribution in [0.25, 0.3) is 0 Å². The molecule has 1 aromatic carbocycles. The van der Waals surface area contributed by atoms with Crippen molar-refractivity contribution in [3.63, 3.8) is 0 Å². The Balaban J connectivity index is 1.90. The van der Waals surface area contributed by atoms with E-state index in [0.29, 0.717) is 11.4 Å². The SMILES string of the molecule is Br[C@H]1CCCC[C@]12N=C(c1ccccc1)CO2. The van der Waals surface area contributed by atoms with E-state index in [0.717, 1.165) is 18.6 Å². The molecule has 3 heteroatoms. The third kappa shape index (κ3) is 2.06. The molecule has 2 aliphatic rings. The van der Waals surface area contributed by atoms with Crippen LogP contribution in [0.1, 0.15) is 31.2 Å². The Hall–Kier alpha value is -0.670. The van der Waals surface area contributed by atoms with Gasteiger partial charge in [-0.3, -0.25) is 4.99 Å². The highest BCUT2D eigenvalue weighted by Gasteiger charge is 2.44. The first kappa shape index (κ1) is 11.4. The Labute approximate surface area is 110 Å². The molecule has 1 aliphatic heterocycles. The fourth-order valence-corrected chi connectivity index (χ4v) is 3.42. The summed E-state index contributed by atoms with van der Waals surface area (Å²) in [5.41, 5.74) is 2.00. The Bertz CT molecular complexity index is 431. The predicted octanol–water partition coefficient (Wildman–Crippen LogP) is 3.54. The Morgan fingerprint density at radius 3 is 2.82 bits per heavy atom. The number of ether oxygens (including phenoxy) is 1. The highest BCUT2D eigenvalue weighted by atomic mass is 79.9. The molecule has 1 heterocycles. The zero-order valence-electron chi connectivity index (χ0n) is 9.73. The van der Waals surface area contributed by atoms with Crippen LogP contribution in [0.2, 0.25) is 0 Å². The number of hydrogen-bond donors (Lipinski definition) is 0. The zero-order valence-corrected chi connectivity index (χ0v) is 11.3. The van der Waals surface area contributed by atoms with Gasteiger partial charge in [0.1, 0.15) is 0 Å². The molecule has 1 fully saturated rings. The lowest BCUT2D eigenvalue weighted by molar-refractivity contribution is -0.0213. The molecule has 0 amide bonds. The first-order valence-electron chi connectivity index (χ1n) is 6.22. The van der Waals surface area contributed by atoms with Crippen LogP contribution in [0.5, 0.6) is 0 Å². The summed E-state index contributed by atoms with van der Waals surface area (Å²) in [6.45, 7) is 0.645. The van der Waals surface area contributed by atoms with Crippen LogP contribution < -0.4 is 0 Å². The standard InChI is InChI=1S/C14H16BrNO/c15-13-8-4-5-9-14(13)16-12(10-17-14)11-6-2-1-3-7-11/h1-3,6-7,13H,4-5,8-10H2/t13-,14+/m0/s1. The summed E-state index contributed by atoms with van der Waals surface area (Å²) in [6, 6.07) is 10.3. The van der Waals surface area contributed by atoms with Crippen LogP contribution in [0.4, 0.5) is 0 Å². The molecular weight excluding hydrogens is 278 g/mol. The van der Waals surface area contributed by atoms with Gasteiger partial charge >= 0.3 is 0 Å². The summed E-state index contributed by atoms with van der Waals surface area (Å²) in [5, 5.41) is 0. The maximum atomic E-state index is 6.01. The van der Waals surface area contributed by atoms with Gasteiger partial charge in [0.25, 0.3) is 0 Å². The zero-order chi connectivity index (χ0) is 11.7. The third-order valence-electron chi connectivity index (χ3n) is 3.62. The fourth-order valence-electron chi connectivity index (χ4n) is 2.64. The maximum Gasteiger partial charge on any atom is 0.172 e. The highest BCUT2D eigenvalue weighted by molar-refractivity contribution is 9.09. The Morgan fingerprint density at radius 1 is 1.24 bits per heavy atom. The van der Waals surface area contributed by atoms with Gasteiger partial charge in [0.2, 0.25) is 0 Å². The van der Waals surface area contributed by atoms with E-state index >= 15 is 0 Å². The van der Waals surface area contributed by atoms with Crippen molar-refractivity contribution < 1.29 is 4.74 Å². The largest absolute Gasteiger partial charge is 0.346 e. The second-order valence-corrected chi connectivity index (χ2v) is 5.88. The first-order chi connectivity index (χ1) is 8.30. The number of rotatable bonds is 1. The van der Waals surface area contributed by atoms with E-state index in [2.05, 4.69) is 40.2 Å². The van der Waals surface area contributed by atoms with Crippen molar-refractivity contribution in [2.24, 2.45) is 4.99 Å². The van der Waals surface area contributed by atoms with E-state index in [1.165, 1.54) is 18.4 Å². The summed E-state index contributed by atoms with van der Waals surface area (Å²) in [6.07, 6.45) is 4.69. The van der Waals surface area contributed by atoms with Crippen molar-refractivity contribution >= 4 is 21.6 Å². The lowest BCUT2D eigenvalue weighted by Gasteiger charge is -2.34. The summed E-state index contributed by atoms with van der Waals surface area (Å²) < 4.78 is 6.01. The van der Waals surface area contributed by atoms with Crippen molar-refractivity contribution in [2.45, 2.75) is 36.2 Å². The molecule has 0 aromatic heterocycles. The molecule has 90 valence electrons. The molecule has 2 nitrogen and oxygen atoms in total. The third-order valence-corrected chi connectivity index (χ3v) is 4.80. The molecule has 0 bridgehead atoms. The minimum absolute atomic E-state index is 0.288. The quantitative estimate of drug-likeness (QED) is 0.726. The normalized spacial score (nSPS) is 32.8. The summed E-state index contributed by atoms with van der Waals surface area (Å²) in [7, 11) is 0. The van der Waals surface area contributed by atoms with Crippen molar-refractivity contribution in [1.82, 2.24) is 0 Å². The van der Waals surface area contributed by atoms with E-state index in [-0.39, 0.29) is 5.72 Å². The molecule has 2 atom stereocenters. The van der Waals surface area contributed by atoms with Gasteiger partial charge in [-0.05, 0) is 24.8 Å². The summed E-state index contributed by atoms with van der Waals surface area (Å²) in [5.74, 6) is 0. The molecule has 3 rings (SSSR count). The van der Waals surface area contributed by atoms with Gasteiger partial charge in [-0.15, -0.1) is 0 Å². The van der Waals surface area contributed by atoms with E-state index in [4.69, 9.17) is 9.73 Å². The first-order valence-corrected chi connectivity index (χ1v) is 7.14. The molecule has 0 N–H and O–H groups in total. The molecule has 1 spiro atoms. The average molecular weight is 294 g/mol. The number of benzene rings is 1.